The Hall–Kier alpha value is -1.99. The summed E-state index contributed by atoms with van der Waals surface area (Å²) in [6, 6.07) is 6.92. The quantitative estimate of drug-likeness (QED) is 0.865. The van der Waals surface area contributed by atoms with E-state index in [4.69, 9.17) is 11.6 Å². The first-order valence-electron chi connectivity index (χ1n) is 8.82. The van der Waals surface area contributed by atoms with Crippen LogP contribution in [0.25, 0.3) is 10.6 Å². The lowest BCUT2D eigenvalue weighted by molar-refractivity contribution is -0.142. The second-order valence-electron chi connectivity index (χ2n) is 6.73. The Kier molecular flexibility index (Phi) is 4.91. The Morgan fingerprint density at radius 3 is 2.58 bits per heavy atom. The van der Waals surface area contributed by atoms with Crippen LogP contribution < -0.4 is 5.32 Å². The third-order valence-corrected chi connectivity index (χ3v) is 6.18. The molecule has 1 aliphatic heterocycles. The first-order valence-corrected chi connectivity index (χ1v) is 10.0. The molecule has 2 aliphatic rings. The van der Waals surface area contributed by atoms with Gasteiger partial charge in [-0.3, -0.25) is 14.9 Å². The molecule has 1 atom stereocenters. The van der Waals surface area contributed by atoms with Gasteiger partial charge in [0.05, 0.1) is 0 Å². The van der Waals surface area contributed by atoms with Crippen LogP contribution in [0.1, 0.15) is 32.1 Å². The zero-order chi connectivity index (χ0) is 18.1. The van der Waals surface area contributed by atoms with Gasteiger partial charge in [-0.05, 0) is 37.8 Å². The predicted molar refractivity (Wildman–Crippen MR) is 101 cm³/mol. The number of carbonyl (C=O) groups excluding carboxylic acids is 2. The standard InChI is InChI=1S/C18H19ClN4O2S/c19-13-8-6-11(7-9-13)16-21-22-18(26-16)20-15(24)14-5-2-10-23(14)17(25)12-3-1-4-12/h6-9,12,14H,1-5,10H2,(H,20,22,24). The van der Waals surface area contributed by atoms with Gasteiger partial charge in [-0.25, -0.2) is 0 Å². The number of nitrogens with zero attached hydrogens (tertiary/aromatic N) is 3. The molecule has 0 bridgehead atoms. The fraction of sp³-hybridized carbons (Fsp3) is 0.444. The van der Waals surface area contributed by atoms with E-state index in [1.807, 2.05) is 12.1 Å². The number of likely N-dealkylation sites (tertiary alicyclic amines) is 1. The van der Waals surface area contributed by atoms with Crippen molar-refractivity contribution in [3.05, 3.63) is 29.3 Å². The van der Waals surface area contributed by atoms with Crippen molar-refractivity contribution in [2.75, 3.05) is 11.9 Å². The molecule has 26 heavy (non-hydrogen) atoms. The van der Waals surface area contributed by atoms with Gasteiger partial charge in [0, 0.05) is 23.0 Å². The summed E-state index contributed by atoms with van der Waals surface area (Å²) in [7, 11) is 0. The average Bonchev–Trinajstić information content (AvgIpc) is 3.23. The maximum Gasteiger partial charge on any atom is 0.249 e. The summed E-state index contributed by atoms with van der Waals surface area (Å²) < 4.78 is 0. The van der Waals surface area contributed by atoms with Crippen molar-refractivity contribution in [3.63, 3.8) is 0 Å². The SMILES string of the molecule is O=C(Nc1nnc(-c2ccc(Cl)cc2)s1)C1CCCN1C(=O)C1CCC1. The number of amides is 2. The highest BCUT2D eigenvalue weighted by molar-refractivity contribution is 7.18. The number of nitrogens with one attached hydrogen (secondary N) is 1. The molecule has 2 fully saturated rings. The maximum absolute atomic E-state index is 12.7. The van der Waals surface area contributed by atoms with Crippen LogP contribution in [0, 0.1) is 5.92 Å². The molecule has 1 aliphatic carbocycles. The average molecular weight is 391 g/mol. The van der Waals surface area contributed by atoms with Crippen LogP contribution in [0.4, 0.5) is 5.13 Å². The summed E-state index contributed by atoms with van der Waals surface area (Å²) in [6.45, 7) is 0.666. The van der Waals surface area contributed by atoms with Gasteiger partial charge >= 0.3 is 0 Å². The topological polar surface area (TPSA) is 75.2 Å². The monoisotopic (exact) mass is 390 g/mol. The van der Waals surface area contributed by atoms with E-state index in [9.17, 15) is 9.59 Å². The summed E-state index contributed by atoms with van der Waals surface area (Å²) in [6.07, 6.45) is 4.57. The first-order chi connectivity index (χ1) is 12.6. The molecular weight excluding hydrogens is 372 g/mol. The lowest BCUT2D eigenvalue weighted by Crippen LogP contribution is -2.46. The Labute approximate surface area is 160 Å². The lowest BCUT2D eigenvalue weighted by atomic mass is 9.84. The minimum atomic E-state index is -0.397. The third-order valence-electron chi connectivity index (χ3n) is 5.04. The molecule has 1 saturated heterocycles. The number of carbonyl (C=O) groups is 2. The molecule has 1 aromatic heterocycles. The number of halogens is 1. The van der Waals surface area contributed by atoms with Crippen molar-refractivity contribution in [2.24, 2.45) is 5.92 Å². The van der Waals surface area contributed by atoms with Gasteiger partial charge in [-0.1, -0.05) is 41.5 Å². The van der Waals surface area contributed by atoms with Crippen LogP contribution in [-0.2, 0) is 9.59 Å². The van der Waals surface area contributed by atoms with E-state index in [0.29, 0.717) is 28.1 Å². The Bertz CT molecular complexity index is 819. The van der Waals surface area contributed by atoms with Crippen molar-refractivity contribution in [3.8, 4) is 10.6 Å². The molecule has 1 aromatic carbocycles. The van der Waals surface area contributed by atoms with Gasteiger partial charge in [0.15, 0.2) is 0 Å². The fourth-order valence-corrected chi connectivity index (χ4v) is 4.24. The second-order valence-corrected chi connectivity index (χ2v) is 8.14. The van der Waals surface area contributed by atoms with E-state index in [1.54, 1.807) is 17.0 Å². The largest absolute Gasteiger partial charge is 0.330 e. The number of rotatable bonds is 4. The van der Waals surface area contributed by atoms with Gasteiger partial charge in [0.2, 0.25) is 16.9 Å². The van der Waals surface area contributed by atoms with Crippen molar-refractivity contribution >= 4 is 39.9 Å². The lowest BCUT2D eigenvalue weighted by Gasteiger charge is -2.32. The van der Waals surface area contributed by atoms with E-state index in [1.165, 1.54) is 11.3 Å². The highest BCUT2D eigenvalue weighted by Gasteiger charge is 2.38. The molecule has 0 spiro atoms. The number of hydrogen-bond donors (Lipinski definition) is 1. The molecule has 2 aromatic rings. The van der Waals surface area contributed by atoms with Gasteiger partial charge in [0.1, 0.15) is 11.0 Å². The fourth-order valence-electron chi connectivity index (χ4n) is 3.36. The Morgan fingerprint density at radius 2 is 1.88 bits per heavy atom. The van der Waals surface area contributed by atoms with E-state index >= 15 is 0 Å². The molecular formula is C18H19ClN4O2S. The number of benzene rings is 1. The van der Waals surface area contributed by atoms with Crippen LogP contribution in [0.15, 0.2) is 24.3 Å². The van der Waals surface area contributed by atoms with Gasteiger partial charge < -0.3 is 4.90 Å². The highest BCUT2D eigenvalue weighted by Crippen LogP contribution is 2.32. The Balaban J connectivity index is 1.43. The maximum atomic E-state index is 12.7. The molecule has 1 unspecified atom stereocenters. The minimum Gasteiger partial charge on any atom is -0.330 e. The zero-order valence-corrected chi connectivity index (χ0v) is 15.7. The summed E-state index contributed by atoms with van der Waals surface area (Å²) >= 11 is 7.21. The predicted octanol–water partition coefficient (Wildman–Crippen LogP) is 3.59. The number of anilines is 1. The zero-order valence-electron chi connectivity index (χ0n) is 14.2. The minimum absolute atomic E-state index is 0.112. The van der Waals surface area contributed by atoms with Crippen LogP contribution in [-0.4, -0.2) is 39.5 Å². The third kappa shape index (κ3) is 3.46. The van der Waals surface area contributed by atoms with E-state index in [2.05, 4.69) is 15.5 Å². The van der Waals surface area contributed by atoms with E-state index in [0.717, 1.165) is 31.2 Å². The normalized spacial score (nSPS) is 20.0. The second kappa shape index (κ2) is 7.32. The summed E-state index contributed by atoms with van der Waals surface area (Å²) in [5, 5.41) is 12.8. The molecule has 136 valence electrons. The summed E-state index contributed by atoms with van der Waals surface area (Å²) in [5.41, 5.74) is 0.898. The summed E-state index contributed by atoms with van der Waals surface area (Å²) in [4.78, 5) is 26.9. The molecule has 6 nitrogen and oxygen atoms in total. The Morgan fingerprint density at radius 1 is 1.12 bits per heavy atom. The molecule has 2 heterocycles. The molecule has 8 heteroatoms. The number of aromatic nitrogens is 2. The smallest absolute Gasteiger partial charge is 0.249 e. The molecule has 0 radical (unpaired) electrons. The van der Waals surface area contributed by atoms with E-state index < -0.39 is 6.04 Å². The van der Waals surface area contributed by atoms with Crippen LogP contribution in [0.5, 0.6) is 0 Å². The van der Waals surface area contributed by atoms with Crippen LogP contribution in [0.2, 0.25) is 5.02 Å². The molecule has 1 saturated carbocycles. The van der Waals surface area contributed by atoms with Crippen molar-refractivity contribution in [1.82, 2.24) is 15.1 Å². The van der Waals surface area contributed by atoms with Gasteiger partial charge in [-0.15, -0.1) is 10.2 Å². The van der Waals surface area contributed by atoms with Crippen molar-refractivity contribution in [1.29, 1.82) is 0 Å². The van der Waals surface area contributed by atoms with Crippen LogP contribution >= 0.6 is 22.9 Å². The van der Waals surface area contributed by atoms with E-state index in [-0.39, 0.29) is 17.7 Å². The number of hydrogen-bond acceptors (Lipinski definition) is 5. The summed E-state index contributed by atoms with van der Waals surface area (Å²) in [5.74, 6) is 0.0726. The van der Waals surface area contributed by atoms with Crippen molar-refractivity contribution < 1.29 is 9.59 Å². The van der Waals surface area contributed by atoms with Gasteiger partial charge in [-0.2, -0.15) is 0 Å². The highest BCUT2D eigenvalue weighted by atomic mass is 35.5. The molecule has 4 rings (SSSR count). The van der Waals surface area contributed by atoms with Crippen LogP contribution in [0.3, 0.4) is 0 Å². The molecule has 1 N–H and O–H groups in total. The first kappa shape index (κ1) is 17.4. The van der Waals surface area contributed by atoms with Crippen molar-refractivity contribution in [2.45, 2.75) is 38.1 Å². The van der Waals surface area contributed by atoms with Gasteiger partial charge in [0.25, 0.3) is 0 Å². The molecule has 2 amide bonds.